The number of benzene rings is 1. The predicted octanol–water partition coefficient (Wildman–Crippen LogP) is 5.49. The summed E-state index contributed by atoms with van der Waals surface area (Å²) in [5.41, 5.74) is 8.21. The smallest absolute Gasteiger partial charge is 0.312 e. The lowest BCUT2D eigenvalue weighted by atomic mass is 9.66. The standard InChI is InChI=1S/C23H38N2O/c1-6-21(15(3)4)18-10-8-9-17(12-18)11-16(5)22(7-2)19-13-20(14-19)25-23(24)26/h8-10,12,15-16,19-22H,6-7,11,13-14H2,1-5H3,(H3,24,25,26). The van der Waals surface area contributed by atoms with Crippen molar-refractivity contribution in [3.8, 4) is 0 Å². The molecule has 0 bridgehead atoms. The van der Waals surface area contributed by atoms with Crippen molar-refractivity contribution in [1.82, 2.24) is 5.32 Å². The van der Waals surface area contributed by atoms with Gasteiger partial charge in [-0.2, -0.15) is 0 Å². The highest BCUT2D eigenvalue weighted by molar-refractivity contribution is 5.72. The molecule has 3 unspecified atom stereocenters. The van der Waals surface area contributed by atoms with Crippen LogP contribution in [0.1, 0.15) is 77.3 Å². The number of hydrogen-bond donors (Lipinski definition) is 2. The quantitative estimate of drug-likeness (QED) is 0.602. The summed E-state index contributed by atoms with van der Waals surface area (Å²) in [5.74, 6) is 3.43. The van der Waals surface area contributed by atoms with E-state index in [-0.39, 0.29) is 6.03 Å². The van der Waals surface area contributed by atoms with Gasteiger partial charge >= 0.3 is 6.03 Å². The fraction of sp³-hybridized carbons (Fsp3) is 0.696. The minimum Gasteiger partial charge on any atom is -0.352 e. The largest absolute Gasteiger partial charge is 0.352 e. The van der Waals surface area contributed by atoms with Crippen molar-refractivity contribution in [2.24, 2.45) is 29.4 Å². The van der Waals surface area contributed by atoms with Gasteiger partial charge in [-0.05, 0) is 66.4 Å². The molecule has 2 amide bonds. The molecule has 1 aliphatic carbocycles. The fourth-order valence-electron chi connectivity index (χ4n) is 5.10. The molecule has 146 valence electrons. The van der Waals surface area contributed by atoms with Gasteiger partial charge in [-0.15, -0.1) is 0 Å². The molecule has 0 spiro atoms. The monoisotopic (exact) mass is 358 g/mol. The van der Waals surface area contributed by atoms with E-state index in [1.165, 1.54) is 24.0 Å². The van der Waals surface area contributed by atoms with Gasteiger partial charge in [0.05, 0.1) is 0 Å². The Bertz CT molecular complexity index is 577. The Kier molecular flexibility index (Phi) is 7.55. The van der Waals surface area contributed by atoms with Gasteiger partial charge < -0.3 is 11.1 Å². The second kappa shape index (κ2) is 9.43. The van der Waals surface area contributed by atoms with Crippen LogP contribution in [-0.2, 0) is 6.42 Å². The molecule has 3 heteroatoms. The molecule has 0 radical (unpaired) electrons. The molecule has 1 saturated carbocycles. The highest BCUT2D eigenvalue weighted by atomic mass is 16.2. The lowest BCUT2D eigenvalue weighted by Gasteiger charge is -2.42. The van der Waals surface area contributed by atoms with Crippen molar-refractivity contribution in [2.75, 3.05) is 0 Å². The number of urea groups is 1. The van der Waals surface area contributed by atoms with Crippen LogP contribution in [0.5, 0.6) is 0 Å². The first-order valence-electron chi connectivity index (χ1n) is 10.5. The maximum atomic E-state index is 11.0. The van der Waals surface area contributed by atoms with Crippen LogP contribution < -0.4 is 11.1 Å². The minimum absolute atomic E-state index is 0.290. The van der Waals surface area contributed by atoms with Crippen molar-refractivity contribution < 1.29 is 4.79 Å². The second-order valence-electron chi connectivity index (χ2n) is 8.69. The topological polar surface area (TPSA) is 55.1 Å². The van der Waals surface area contributed by atoms with Crippen LogP contribution in [0.15, 0.2) is 24.3 Å². The van der Waals surface area contributed by atoms with E-state index >= 15 is 0 Å². The Hall–Kier alpha value is -1.51. The van der Waals surface area contributed by atoms with Gasteiger partial charge in [-0.25, -0.2) is 4.79 Å². The van der Waals surface area contributed by atoms with Crippen molar-refractivity contribution in [3.05, 3.63) is 35.4 Å². The molecule has 3 N–H and O–H groups in total. The first kappa shape index (κ1) is 20.8. The first-order valence-corrected chi connectivity index (χ1v) is 10.5. The lowest BCUT2D eigenvalue weighted by molar-refractivity contribution is 0.112. The zero-order valence-corrected chi connectivity index (χ0v) is 17.3. The SMILES string of the molecule is CCC(c1cccc(CC(C)C(CC)C2CC(NC(N)=O)C2)c1)C(C)C. The van der Waals surface area contributed by atoms with Gasteiger partial charge in [0.2, 0.25) is 0 Å². The zero-order valence-electron chi connectivity index (χ0n) is 17.3. The molecule has 0 heterocycles. The second-order valence-corrected chi connectivity index (χ2v) is 8.69. The molecule has 0 aromatic heterocycles. The third kappa shape index (κ3) is 5.25. The zero-order chi connectivity index (χ0) is 19.3. The summed E-state index contributed by atoms with van der Waals surface area (Å²) < 4.78 is 0. The highest BCUT2D eigenvalue weighted by Crippen LogP contribution is 2.40. The van der Waals surface area contributed by atoms with Crippen LogP contribution in [0.25, 0.3) is 0 Å². The average Bonchev–Trinajstić information content (AvgIpc) is 2.53. The molecule has 3 atom stereocenters. The van der Waals surface area contributed by atoms with Crippen LogP contribution in [0.4, 0.5) is 4.79 Å². The van der Waals surface area contributed by atoms with E-state index < -0.39 is 0 Å². The Morgan fingerprint density at radius 2 is 1.88 bits per heavy atom. The van der Waals surface area contributed by atoms with Crippen molar-refractivity contribution in [2.45, 2.75) is 78.7 Å². The lowest BCUT2D eigenvalue weighted by Crippen LogP contribution is -2.49. The highest BCUT2D eigenvalue weighted by Gasteiger charge is 2.36. The number of hydrogen-bond acceptors (Lipinski definition) is 1. The van der Waals surface area contributed by atoms with E-state index in [0.717, 1.165) is 25.2 Å². The summed E-state index contributed by atoms with van der Waals surface area (Å²) in [6.45, 7) is 11.6. The third-order valence-corrected chi connectivity index (χ3v) is 6.51. The van der Waals surface area contributed by atoms with Crippen LogP contribution in [0.3, 0.4) is 0 Å². The molecule has 3 nitrogen and oxygen atoms in total. The molecule has 2 rings (SSSR count). The van der Waals surface area contributed by atoms with Gasteiger partial charge in [0.25, 0.3) is 0 Å². The Labute approximate surface area is 160 Å². The van der Waals surface area contributed by atoms with Gasteiger partial charge in [0.15, 0.2) is 0 Å². The number of amides is 2. The normalized spacial score (nSPS) is 23.2. The van der Waals surface area contributed by atoms with Gasteiger partial charge in [0, 0.05) is 6.04 Å². The van der Waals surface area contributed by atoms with Gasteiger partial charge in [-0.1, -0.05) is 65.3 Å². The first-order chi connectivity index (χ1) is 12.3. The fourth-order valence-corrected chi connectivity index (χ4v) is 5.10. The van der Waals surface area contributed by atoms with Gasteiger partial charge in [-0.3, -0.25) is 0 Å². The predicted molar refractivity (Wildman–Crippen MR) is 110 cm³/mol. The average molecular weight is 359 g/mol. The maximum absolute atomic E-state index is 11.0. The van der Waals surface area contributed by atoms with E-state index in [1.54, 1.807) is 0 Å². The summed E-state index contributed by atoms with van der Waals surface area (Å²) in [6, 6.07) is 9.17. The number of rotatable bonds is 9. The Morgan fingerprint density at radius 3 is 2.42 bits per heavy atom. The Morgan fingerprint density at radius 1 is 1.19 bits per heavy atom. The summed E-state index contributed by atoms with van der Waals surface area (Å²) in [4.78, 5) is 11.0. The summed E-state index contributed by atoms with van der Waals surface area (Å²) in [7, 11) is 0. The molecule has 1 aromatic carbocycles. The number of carbonyl (C=O) groups excluding carboxylic acids is 1. The van der Waals surface area contributed by atoms with Crippen molar-refractivity contribution in [3.63, 3.8) is 0 Å². The molecular formula is C23H38N2O. The summed E-state index contributed by atoms with van der Waals surface area (Å²) in [5, 5.41) is 2.85. The van der Waals surface area contributed by atoms with Crippen LogP contribution >= 0.6 is 0 Å². The number of nitrogens with two attached hydrogens (primary N) is 1. The van der Waals surface area contributed by atoms with E-state index in [1.807, 2.05) is 0 Å². The molecule has 1 aliphatic rings. The minimum atomic E-state index is -0.387. The van der Waals surface area contributed by atoms with E-state index in [9.17, 15) is 4.79 Å². The number of primary amides is 1. The maximum Gasteiger partial charge on any atom is 0.312 e. The van der Waals surface area contributed by atoms with E-state index in [2.05, 4.69) is 64.2 Å². The van der Waals surface area contributed by atoms with Crippen LogP contribution in [0, 0.1) is 23.7 Å². The molecule has 1 fully saturated rings. The van der Waals surface area contributed by atoms with Crippen molar-refractivity contribution >= 4 is 6.03 Å². The van der Waals surface area contributed by atoms with Gasteiger partial charge in [0.1, 0.15) is 0 Å². The molecule has 26 heavy (non-hydrogen) atoms. The molecule has 1 aromatic rings. The van der Waals surface area contributed by atoms with Crippen molar-refractivity contribution in [1.29, 1.82) is 0 Å². The number of nitrogens with one attached hydrogen (secondary N) is 1. The van der Waals surface area contributed by atoms with Crippen LogP contribution in [-0.4, -0.2) is 12.1 Å². The molecule has 0 saturated heterocycles. The molecule has 0 aliphatic heterocycles. The van der Waals surface area contributed by atoms with E-state index in [0.29, 0.717) is 29.7 Å². The summed E-state index contributed by atoms with van der Waals surface area (Å²) >= 11 is 0. The van der Waals surface area contributed by atoms with E-state index in [4.69, 9.17) is 5.73 Å². The molecular weight excluding hydrogens is 320 g/mol. The van der Waals surface area contributed by atoms with Crippen LogP contribution in [0.2, 0.25) is 0 Å². The Balaban J connectivity index is 1.97. The number of carbonyl (C=O) groups is 1. The third-order valence-electron chi connectivity index (χ3n) is 6.51. The summed E-state index contributed by atoms with van der Waals surface area (Å²) in [6.07, 6.45) is 5.71.